The molecule has 26 heavy (non-hydrogen) atoms. The van der Waals surface area contributed by atoms with E-state index in [0.717, 1.165) is 11.8 Å². The number of ether oxygens (including phenoxy) is 1. The van der Waals surface area contributed by atoms with Gasteiger partial charge in [-0.1, -0.05) is 17.7 Å². The van der Waals surface area contributed by atoms with Crippen molar-refractivity contribution < 1.29 is 14.5 Å². The van der Waals surface area contributed by atoms with Crippen LogP contribution in [-0.4, -0.2) is 25.7 Å². The summed E-state index contributed by atoms with van der Waals surface area (Å²) in [5, 5.41) is 19.9. The van der Waals surface area contributed by atoms with Crippen LogP contribution in [0.1, 0.15) is 10.4 Å². The van der Waals surface area contributed by atoms with Crippen molar-refractivity contribution in [2.75, 3.05) is 0 Å². The zero-order chi connectivity index (χ0) is 18.7. The molecule has 3 aromatic rings. The number of hydrogen-bond donors (Lipinski definition) is 0. The first-order valence-electron chi connectivity index (χ1n) is 7.22. The Morgan fingerprint density at radius 2 is 2.12 bits per heavy atom. The van der Waals surface area contributed by atoms with Crippen LogP contribution in [0.4, 0.5) is 5.69 Å². The van der Waals surface area contributed by atoms with E-state index in [0.29, 0.717) is 15.1 Å². The number of hydrogen-bond acceptors (Lipinski definition) is 7. The van der Waals surface area contributed by atoms with Gasteiger partial charge in [0.05, 0.1) is 15.4 Å². The fraction of sp³-hybridized carbons (Fsp3) is 0.0625. The molecule has 0 spiro atoms. The lowest BCUT2D eigenvalue weighted by Gasteiger charge is -2.07. The van der Waals surface area contributed by atoms with E-state index in [1.165, 1.54) is 30.6 Å². The molecule has 0 N–H and O–H groups in total. The SMILES string of the molecule is Cn1cnnc1Sc1ccc(C(=O)Oc2cccc(Cl)c2)cc1[N+](=O)[O-]. The van der Waals surface area contributed by atoms with Crippen LogP contribution in [-0.2, 0) is 7.05 Å². The summed E-state index contributed by atoms with van der Waals surface area (Å²) in [4.78, 5) is 23.4. The monoisotopic (exact) mass is 390 g/mol. The number of rotatable bonds is 5. The van der Waals surface area contributed by atoms with Gasteiger partial charge in [-0.2, -0.15) is 0 Å². The molecule has 0 saturated heterocycles. The molecular weight excluding hydrogens is 380 g/mol. The molecule has 0 bridgehead atoms. The molecule has 132 valence electrons. The third kappa shape index (κ3) is 4.01. The zero-order valence-electron chi connectivity index (χ0n) is 13.3. The number of halogens is 1. The van der Waals surface area contributed by atoms with Crippen LogP contribution in [0.2, 0.25) is 5.02 Å². The van der Waals surface area contributed by atoms with Gasteiger partial charge in [0, 0.05) is 18.1 Å². The lowest BCUT2D eigenvalue weighted by Crippen LogP contribution is -2.09. The third-order valence-electron chi connectivity index (χ3n) is 3.27. The van der Waals surface area contributed by atoms with Gasteiger partial charge < -0.3 is 9.30 Å². The van der Waals surface area contributed by atoms with Gasteiger partial charge in [0.2, 0.25) is 0 Å². The maximum atomic E-state index is 12.3. The minimum absolute atomic E-state index is 0.0546. The van der Waals surface area contributed by atoms with Gasteiger partial charge in [-0.05, 0) is 42.1 Å². The molecule has 1 heterocycles. The number of benzene rings is 2. The molecule has 3 rings (SSSR count). The molecule has 0 fully saturated rings. The summed E-state index contributed by atoms with van der Waals surface area (Å²) in [5.74, 6) is -0.465. The van der Waals surface area contributed by atoms with E-state index >= 15 is 0 Å². The molecule has 0 atom stereocenters. The second kappa shape index (κ2) is 7.54. The van der Waals surface area contributed by atoms with E-state index in [9.17, 15) is 14.9 Å². The number of aryl methyl sites for hydroxylation is 1. The number of carbonyl (C=O) groups excluding carboxylic acids is 1. The summed E-state index contributed by atoms with van der Waals surface area (Å²) in [6.45, 7) is 0. The van der Waals surface area contributed by atoms with E-state index in [-0.39, 0.29) is 17.0 Å². The average Bonchev–Trinajstić information content (AvgIpc) is 3.00. The van der Waals surface area contributed by atoms with Gasteiger partial charge in [-0.3, -0.25) is 10.1 Å². The second-order valence-corrected chi connectivity index (χ2v) is 6.56. The Hall–Kier alpha value is -2.91. The lowest BCUT2D eigenvalue weighted by molar-refractivity contribution is -0.387. The number of nitro benzene ring substituents is 1. The highest BCUT2D eigenvalue weighted by Crippen LogP contribution is 2.34. The lowest BCUT2D eigenvalue weighted by atomic mass is 10.2. The molecule has 1 aromatic heterocycles. The van der Waals surface area contributed by atoms with Crippen LogP contribution in [0.25, 0.3) is 0 Å². The predicted octanol–water partition coefficient (Wildman–Crippen LogP) is 3.75. The molecule has 0 aliphatic carbocycles. The van der Waals surface area contributed by atoms with Gasteiger partial charge in [-0.25, -0.2) is 4.79 Å². The van der Waals surface area contributed by atoms with E-state index < -0.39 is 10.9 Å². The van der Waals surface area contributed by atoms with Crippen molar-refractivity contribution in [2.45, 2.75) is 10.1 Å². The summed E-state index contributed by atoms with van der Waals surface area (Å²) in [5.41, 5.74) is -0.169. The number of aromatic nitrogens is 3. The minimum atomic E-state index is -0.717. The maximum Gasteiger partial charge on any atom is 0.343 e. The first-order valence-corrected chi connectivity index (χ1v) is 8.41. The van der Waals surface area contributed by atoms with Crippen molar-refractivity contribution in [1.29, 1.82) is 0 Å². The summed E-state index contributed by atoms with van der Waals surface area (Å²) in [6.07, 6.45) is 1.49. The number of carbonyl (C=O) groups is 1. The van der Waals surface area contributed by atoms with Gasteiger partial charge >= 0.3 is 5.97 Å². The largest absolute Gasteiger partial charge is 0.423 e. The Morgan fingerprint density at radius 1 is 1.31 bits per heavy atom. The molecular formula is C16H11ClN4O4S. The van der Waals surface area contributed by atoms with Gasteiger partial charge in [0.1, 0.15) is 12.1 Å². The minimum Gasteiger partial charge on any atom is -0.423 e. The van der Waals surface area contributed by atoms with Crippen LogP contribution >= 0.6 is 23.4 Å². The summed E-state index contributed by atoms with van der Waals surface area (Å²) in [6, 6.07) is 10.4. The summed E-state index contributed by atoms with van der Waals surface area (Å²) in [7, 11) is 1.73. The van der Waals surface area contributed by atoms with Crippen molar-refractivity contribution in [3.05, 3.63) is 69.5 Å². The smallest absolute Gasteiger partial charge is 0.343 e. The molecule has 0 unspecified atom stereocenters. The van der Waals surface area contributed by atoms with Crippen LogP contribution in [0, 0.1) is 10.1 Å². The average molecular weight is 391 g/mol. The molecule has 0 amide bonds. The number of nitro groups is 1. The first kappa shape index (κ1) is 17.9. The van der Waals surface area contributed by atoms with Gasteiger partial charge in [0.15, 0.2) is 5.16 Å². The third-order valence-corrected chi connectivity index (χ3v) is 4.62. The molecule has 10 heteroatoms. The van der Waals surface area contributed by atoms with E-state index in [2.05, 4.69) is 10.2 Å². The topological polar surface area (TPSA) is 100 Å². The summed E-state index contributed by atoms with van der Waals surface area (Å²) < 4.78 is 6.84. The van der Waals surface area contributed by atoms with Crippen LogP contribution in [0.5, 0.6) is 5.75 Å². The van der Waals surface area contributed by atoms with Crippen molar-refractivity contribution in [2.24, 2.45) is 7.05 Å². The van der Waals surface area contributed by atoms with Gasteiger partial charge in [0.25, 0.3) is 5.69 Å². The maximum absolute atomic E-state index is 12.3. The van der Waals surface area contributed by atoms with Crippen molar-refractivity contribution in [3.8, 4) is 5.75 Å². The second-order valence-electron chi connectivity index (χ2n) is 5.11. The molecule has 0 radical (unpaired) electrons. The Bertz CT molecular complexity index is 992. The van der Waals surface area contributed by atoms with Crippen molar-refractivity contribution in [3.63, 3.8) is 0 Å². The first-order chi connectivity index (χ1) is 12.4. The molecule has 2 aromatic carbocycles. The zero-order valence-corrected chi connectivity index (χ0v) is 14.9. The Morgan fingerprint density at radius 3 is 2.77 bits per heavy atom. The van der Waals surface area contributed by atoms with E-state index in [1.807, 2.05) is 0 Å². The highest BCUT2D eigenvalue weighted by molar-refractivity contribution is 7.99. The Balaban J connectivity index is 1.87. The highest BCUT2D eigenvalue weighted by atomic mass is 35.5. The Kier molecular flexibility index (Phi) is 5.19. The number of nitrogens with zero attached hydrogens (tertiary/aromatic N) is 4. The standard InChI is InChI=1S/C16H11ClN4O4S/c1-20-9-18-19-16(20)26-14-6-5-10(7-13(14)21(23)24)15(22)25-12-4-2-3-11(17)8-12/h2-9H,1H3. The highest BCUT2D eigenvalue weighted by Gasteiger charge is 2.21. The van der Waals surface area contributed by atoms with Crippen LogP contribution < -0.4 is 4.74 Å². The quantitative estimate of drug-likeness (QED) is 0.283. The van der Waals surface area contributed by atoms with Crippen molar-refractivity contribution in [1.82, 2.24) is 14.8 Å². The van der Waals surface area contributed by atoms with Gasteiger partial charge in [-0.15, -0.1) is 10.2 Å². The fourth-order valence-corrected chi connectivity index (χ4v) is 3.06. The van der Waals surface area contributed by atoms with Crippen LogP contribution in [0.15, 0.2) is 58.8 Å². The predicted molar refractivity (Wildman–Crippen MR) is 94.6 cm³/mol. The van der Waals surface area contributed by atoms with E-state index in [4.69, 9.17) is 16.3 Å². The summed E-state index contributed by atoms with van der Waals surface area (Å²) >= 11 is 6.93. The Labute approximate surface area is 156 Å². The number of esters is 1. The molecule has 0 aliphatic rings. The van der Waals surface area contributed by atoms with Crippen molar-refractivity contribution >= 4 is 35.0 Å². The fourth-order valence-electron chi connectivity index (χ4n) is 2.03. The van der Waals surface area contributed by atoms with Crippen LogP contribution in [0.3, 0.4) is 0 Å². The van der Waals surface area contributed by atoms with E-state index in [1.54, 1.807) is 29.8 Å². The molecule has 0 aliphatic heterocycles. The normalized spacial score (nSPS) is 10.5. The molecule has 8 nitrogen and oxygen atoms in total. The molecule has 0 saturated carbocycles.